The Labute approximate surface area is 154 Å². The zero-order chi connectivity index (χ0) is 17.1. The number of aromatic nitrogens is 1. The van der Waals surface area contributed by atoms with E-state index in [1.807, 2.05) is 12.3 Å². The van der Waals surface area contributed by atoms with Gasteiger partial charge in [-0.15, -0.1) is 11.3 Å². The van der Waals surface area contributed by atoms with E-state index in [4.69, 9.17) is 0 Å². The lowest BCUT2D eigenvalue weighted by Gasteiger charge is -2.41. The zero-order valence-electron chi connectivity index (χ0n) is 14.7. The molecule has 0 amide bonds. The number of β-amino-alcohol motifs (C(OH)–C–C–N with tert-alkyl or cyclic N) is 1. The molecule has 1 aromatic carbocycles. The summed E-state index contributed by atoms with van der Waals surface area (Å²) in [6.07, 6.45) is 6.57. The minimum atomic E-state index is -0.546. The lowest BCUT2D eigenvalue weighted by molar-refractivity contribution is -0.0517. The lowest BCUT2D eigenvalue weighted by Crippen LogP contribution is -2.53. The van der Waals surface area contributed by atoms with Crippen LogP contribution in [0.3, 0.4) is 0 Å². The van der Waals surface area contributed by atoms with Gasteiger partial charge in [-0.05, 0) is 45.3 Å². The van der Waals surface area contributed by atoms with E-state index in [1.54, 1.807) is 11.3 Å². The van der Waals surface area contributed by atoms with Crippen LogP contribution in [0, 0.1) is 0 Å². The number of hydrogen-bond acceptors (Lipinski definition) is 5. The van der Waals surface area contributed by atoms with Crippen molar-refractivity contribution in [3.63, 3.8) is 0 Å². The molecule has 0 spiro atoms. The highest BCUT2D eigenvalue weighted by molar-refractivity contribution is 7.15. The Bertz CT molecular complexity index is 683. The van der Waals surface area contributed by atoms with Crippen LogP contribution in [-0.4, -0.2) is 58.2 Å². The van der Waals surface area contributed by atoms with Crippen LogP contribution < -0.4 is 0 Å². The average molecular weight is 358 g/mol. The van der Waals surface area contributed by atoms with E-state index in [0.717, 1.165) is 57.1 Å². The number of benzene rings is 1. The van der Waals surface area contributed by atoms with E-state index in [0.29, 0.717) is 0 Å². The van der Waals surface area contributed by atoms with Gasteiger partial charge < -0.3 is 10.0 Å². The maximum absolute atomic E-state index is 11.1. The second-order valence-electron chi connectivity index (χ2n) is 7.52. The number of thiazole rings is 1. The van der Waals surface area contributed by atoms with E-state index < -0.39 is 5.60 Å². The molecular formula is C20H27N3OS. The van der Waals surface area contributed by atoms with Gasteiger partial charge in [0, 0.05) is 36.3 Å². The predicted octanol–water partition coefficient (Wildman–Crippen LogP) is 3.23. The summed E-state index contributed by atoms with van der Waals surface area (Å²) in [6, 6.07) is 10.4. The van der Waals surface area contributed by atoms with Crippen molar-refractivity contribution >= 4 is 11.3 Å². The van der Waals surface area contributed by atoms with Crippen LogP contribution in [0.5, 0.6) is 0 Å². The smallest absolute Gasteiger partial charge is 0.123 e. The number of likely N-dealkylation sites (tertiary alicyclic amines) is 2. The van der Waals surface area contributed by atoms with E-state index >= 15 is 0 Å². The van der Waals surface area contributed by atoms with Crippen molar-refractivity contribution in [2.75, 3.05) is 32.7 Å². The van der Waals surface area contributed by atoms with Gasteiger partial charge in [-0.25, -0.2) is 4.98 Å². The predicted molar refractivity (Wildman–Crippen MR) is 103 cm³/mol. The maximum Gasteiger partial charge on any atom is 0.123 e. The average Bonchev–Trinajstić information content (AvgIpc) is 3.27. The molecule has 2 aromatic rings. The second kappa shape index (κ2) is 7.54. The number of rotatable bonds is 5. The molecule has 0 bridgehead atoms. The van der Waals surface area contributed by atoms with E-state index in [-0.39, 0.29) is 0 Å². The Morgan fingerprint density at radius 3 is 2.60 bits per heavy atom. The van der Waals surface area contributed by atoms with Crippen molar-refractivity contribution in [2.24, 2.45) is 0 Å². The molecule has 4 nitrogen and oxygen atoms in total. The first-order chi connectivity index (χ1) is 12.2. The molecule has 2 aliphatic heterocycles. The first kappa shape index (κ1) is 17.2. The summed E-state index contributed by atoms with van der Waals surface area (Å²) in [5.41, 5.74) is 0.637. The fourth-order valence-corrected chi connectivity index (χ4v) is 5.10. The van der Waals surface area contributed by atoms with Crippen molar-refractivity contribution < 1.29 is 5.11 Å². The maximum atomic E-state index is 11.1. The fraction of sp³-hybridized carbons (Fsp3) is 0.550. The van der Waals surface area contributed by atoms with E-state index in [2.05, 4.69) is 39.0 Å². The SMILES string of the molecule is O[C@]1(CN2CCCC2)CCCN(Cc2cnc(-c3ccccc3)s2)C1. The van der Waals surface area contributed by atoms with Gasteiger partial charge in [-0.1, -0.05) is 30.3 Å². The quantitative estimate of drug-likeness (QED) is 0.892. The molecule has 0 saturated carbocycles. The summed E-state index contributed by atoms with van der Waals surface area (Å²) in [4.78, 5) is 10.7. The number of piperidine rings is 1. The molecule has 1 aromatic heterocycles. The van der Waals surface area contributed by atoms with Crippen LogP contribution in [0.25, 0.3) is 10.6 Å². The molecular weight excluding hydrogens is 330 g/mol. The highest BCUT2D eigenvalue weighted by Crippen LogP contribution is 2.29. The standard InChI is InChI=1S/C20H27N3OS/c24-20(15-22-10-4-5-11-22)9-6-12-23(16-20)14-18-13-21-19(25-18)17-7-2-1-3-8-17/h1-3,7-8,13,24H,4-6,9-12,14-16H2/t20-/m0/s1. The van der Waals surface area contributed by atoms with Gasteiger partial charge in [0.15, 0.2) is 0 Å². The third-order valence-corrected chi connectivity index (χ3v) is 6.34. The minimum absolute atomic E-state index is 0.546. The summed E-state index contributed by atoms with van der Waals surface area (Å²) in [5, 5.41) is 12.2. The van der Waals surface area contributed by atoms with Crippen molar-refractivity contribution in [3.05, 3.63) is 41.4 Å². The summed E-state index contributed by atoms with van der Waals surface area (Å²) >= 11 is 1.77. The Morgan fingerprint density at radius 2 is 1.80 bits per heavy atom. The van der Waals surface area contributed by atoms with Gasteiger partial charge >= 0.3 is 0 Å². The number of hydrogen-bond donors (Lipinski definition) is 1. The molecule has 134 valence electrons. The fourth-order valence-electron chi connectivity index (χ4n) is 4.14. The second-order valence-corrected chi connectivity index (χ2v) is 8.63. The van der Waals surface area contributed by atoms with E-state index in [1.165, 1.54) is 23.3 Å². The Kier molecular flexibility index (Phi) is 5.17. The normalized spacial score (nSPS) is 25.5. The van der Waals surface area contributed by atoms with Gasteiger partial charge in [-0.3, -0.25) is 4.90 Å². The Balaban J connectivity index is 1.38. The van der Waals surface area contributed by atoms with Crippen LogP contribution in [0.4, 0.5) is 0 Å². The Hall–Kier alpha value is -1.27. The third-order valence-electron chi connectivity index (χ3n) is 5.30. The van der Waals surface area contributed by atoms with Crippen LogP contribution in [0.15, 0.2) is 36.5 Å². The summed E-state index contributed by atoms with van der Waals surface area (Å²) in [5.74, 6) is 0. The molecule has 4 rings (SSSR count). The van der Waals surface area contributed by atoms with Crippen LogP contribution in [0.2, 0.25) is 0 Å². The molecule has 1 atom stereocenters. The van der Waals surface area contributed by atoms with E-state index in [9.17, 15) is 5.11 Å². The van der Waals surface area contributed by atoms with Gasteiger partial charge in [0.1, 0.15) is 5.01 Å². The number of aliphatic hydroxyl groups is 1. The molecule has 2 fully saturated rings. The van der Waals surface area contributed by atoms with Crippen molar-refractivity contribution in [3.8, 4) is 10.6 Å². The molecule has 0 unspecified atom stereocenters. The van der Waals surface area contributed by atoms with Gasteiger partial charge in [0.05, 0.1) is 5.60 Å². The third kappa shape index (κ3) is 4.29. The van der Waals surface area contributed by atoms with Gasteiger partial charge in [0.25, 0.3) is 0 Å². The molecule has 5 heteroatoms. The molecule has 0 radical (unpaired) electrons. The summed E-state index contributed by atoms with van der Waals surface area (Å²) in [6.45, 7) is 5.88. The molecule has 2 saturated heterocycles. The van der Waals surface area contributed by atoms with Crippen molar-refractivity contribution in [2.45, 2.75) is 37.8 Å². The monoisotopic (exact) mass is 357 g/mol. The highest BCUT2D eigenvalue weighted by atomic mass is 32.1. The van der Waals surface area contributed by atoms with Gasteiger partial charge in [-0.2, -0.15) is 0 Å². The topological polar surface area (TPSA) is 39.6 Å². The summed E-state index contributed by atoms with van der Waals surface area (Å²) in [7, 11) is 0. The van der Waals surface area contributed by atoms with Gasteiger partial charge in [0.2, 0.25) is 0 Å². The Morgan fingerprint density at radius 1 is 1.04 bits per heavy atom. The van der Waals surface area contributed by atoms with Crippen molar-refractivity contribution in [1.82, 2.24) is 14.8 Å². The van der Waals surface area contributed by atoms with Crippen molar-refractivity contribution in [1.29, 1.82) is 0 Å². The first-order valence-electron chi connectivity index (χ1n) is 9.37. The molecule has 3 heterocycles. The number of nitrogens with zero attached hydrogens (tertiary/aromatic N) is 3. The first-order valence-corrected chi connectivity index (χ1v) is 10.2. The zero-order valence-corrected chi connectivity index (χ0v) is 15.5. The minimum Gasteiger partial charge on any atom is -0.387 e. The van der Waals surface area contributed by atoms with Crippen LogP contribution >= 0.6 is 11.3 Å². The summed E-state index contributed by atoms with van der Waals surface area (Å²) < 4.78 is 0. The highest BCUT2D eigenvalue weighted by Gasteiger charge is 2.35. The largest absolute Gasteiger partial charge is 0.387 e. The molecule has 1 N–H and O–H groups in total. The molecule has 2 aliphatic rings. The molecule has 25 heavy (non-hydrogen) atoms. The van der Waals surface area contributed by atoms with Crippen LogP contribution in [0.1, 0.15) is 30.6 Å². The lowest BCUT2D eigenvalue weighted by atomic mass is 9.92. The molecule has 0 aliphatic carbocycles. The van der Waals surface area contributed by atoms with Crippen LogP contribution in [-0.2, 0) is 6.54 Å².